The highest BCUT2D eigenvalue weighted by Gasteiger charge is 2.78. The fraction of sp³-hybridized carbons (Fsp3) is 0.260. The summed E-state index contributed by atoms with van der Waals surface area (Å²) in [5, 5.41) is 57.7. The van der Waals surface area contributed by atoms with Crippen molar-refractivity contribution in [1.82, 2.24) is 10.3 Å². The molecule has 3 unspecified atom stereocenters. The molecule has 2 fully saturated rings. The number of nitrogen functional groups attached to an aromatic ring is 1. The van der Waals surface area contributed by atoms with E-state index in [2.05, 4.69) is 20.3 Å². The lowest BCUT2D eigenvalue weighted by Gasteiger charge is -2.38. The number of amides is 1. The van der Waals surface area contributed by atoms with Gasteiger partial charge in [0.05, 0.1) is 33.6 Å². The molecule has 6 aromatic rings. The number of nitro groups is 2. The van der Waals surface area contributed by atoms with E-state index < -0.39 is 77.4 Å². The van der Waals surface area contributed by atoms with Crippen molar-refractivity contribution in [2.24, 2.45) is 11.8 Å². The third-order valence-electron chi connectivity index (χ3n) is 12.4. The Balaban J connectivity index is 0.000000188. The molecule has 0 bridgehead atoms. The largest absolute Gasteiger partial charge is 0.490 e. The van der Waals surface area contributed by atoms with Crippen molar-refractivity contribution < 1.29 is 65.7 Å². The molecule has 1 saturated heterocycles. The van der Waals surface area contributed by atoms with Crippen LogP contribution in [0.2, 0.25) is 0 Å². The number of hydrogen-bond acceptors (Lipinski definition) is 16. The van der Waals surface area contributed by atoms with Crippen LogP contribution in [0.4, 0.5) is 22.9 Å². The number of aromatic carboxylic acids is 1. The van der Waals surface area contributed by atoms with Crippen LogP contribution in [-0.2, 0) is 40.1 Å². The molecule has 1 saturated carbocycles. The Labute approximate surface area is 435 Å². The van der Waals surface area contributed by atoms with Gasteiger partial charge in [-0.15, -0.1) is 0 Å². The number of carbonyl (C=O) groups is 4. The SMILES string of the molecule is CN(C)c1ccc(C(=O)O)c2ccccc12.Nc1ccc(S(=O)(=O)Nc2ccc(S(=O)(=O)O)cc2)cc1.O=C(O)C1(c2ccccc2)NCCCC1([N+](=O)[O-])[N+](=O)[O-].O=C(O)C1CCCCC1C(=O)Nc1ccccn1. The van der Waals surface area contributed by atoms with Crippen LogP contribution < -0.4 is 26.0 Å². The van der Waals surface area contributed by atoms with Gasteiger partial charge in [-0.3, -0.25) is 44.4 Å². The zero-order valence-electron chi connectivity index (χ0n) is 40.8. The first kappa shape index (κ1) is 58.3. The minimum absolute atomic E-state index is 0.00870. The van der Waals surface area contributed by atoms with E-state index in [-0.39, 0.29) is 39.9 Å². The number of pyridine rings is 1. The van der Waals surface area contributed by atoms with Gasteiger partial charge in [0.15, 0.2) is 0 Å². The number of aliphatic carboxylic acids is 2. The van der Waals surface area contributed by atoms with Crippen molar-refractivity contribution in [2.75, 3.05) is 41.3 Å². The second-order valence-corrected chi connectivity index (χ2v) is 20.5. The first-order valence-corrected chi connectivity index (χ1v) is 26.0. The molecule has 1 aliphatic heterocycles. The summed E-state index contributed by atoms with van der Waals surface area (Å²) in [7, 11) is -4.21. The lowest BCUT2D eigenvalue weighted by molar-refractivity contribution is -0.810. The van der Waals surface area contributed by atoms with Crippen molar-refractivity contribution in [3.05, 3.63) is 171 Å². The molecular weight excluding hydrogens is 1030 g/mol. The van der Waals surface area contributed by atoms with Gasteiger partial charge in [0.2, 0.25) is 5.91 Å². The molecule has 9 N–H and O–H groups in total. The summed E-state index contributed by atoms with van der Waals surface area (Å²) < 4.78 is 57.1. The second kappa shape index (κ2) is 25.1. The molecule has 2 heterocycles. The predicted octanol–water partition coefficient (Wildman–Crippen LogP) is 6.43. The Morgan fingerprint density at radius 3 is 1.82 bits per heavy atom. The molecule has 76 heavy (non-hydrogen) atoms. The van der Waals surface area contributed by atoms with Gasteiger partial charge in [0.25, 0.3) is 25.7 Å². The number of rotatable bonds is 13. The summed E-state index contributed by atoms with van der Waals surface area (Å²) in [6.07, 6.45) is 4.27. The van der Waals surface area contributed by atoms with Crippen molar-refractivity contribution in [3.63, 3.8) is 0 Å². The van der Waals surface area contributed by atoms with Crippen molar-refractivity contribution >= 4 is 77.6 Å². The number of benzene rings is 5. The van der Waals surface area contributed by atoms with Crippen molar-refractivity contribution in [1.29, 1.82) is 0 Å². The maximum Gasteiger partial charge on any atom is 0.490 e. The Morgan fingerprint density at radius 1 is 0.724 bits per heavy atom. The van der Waals surface area contributed by atoms with Crippen LogP contribution in [0.5, 0.6) is 0 Å². The molecule has 1 aromatic heterocycles. The standard InChI is InChI=1S/C13H16N2O3.C13H13NO2.C12H13N3O6.C12H12N2O5S2/c16-12(15-11-7-3-4-8-14-11)9-5-1-2-6-10(9)13(17)18;1-14(2)12-8-7-11(13(15)16)9-5-3-4-6-10(9)12;16-10(17)12(9-5-2-1-3-6-9)11(14(18)19,15(20)21)7-4-8-13-12;13-9-1-5-11(6-2-9)20(15,16)14-10-3-7-12(8-4-10)21(17,18)19/h3-4,7-10H,1-2,5-6H2,(H,17,18)(H,14,15,16);3-8H,1-2H3,(H,15,16);1-3,5-6,13H,4,7-8H2,(H,16,17);1-8,14H,13H2,(H,17,18,19). The normalized spacial score (nSPS) is 17.7. The summed E-state index contributed by atoms with van der Waals surface area (Å²) in [4.78, 5) is 72.5. The molecule has 1 amide bonds. The Hall–Kier alpha value is -8.59. The third kappa shape index (κ3) is 13.6. The molecule has 26 heteroatoms. The first-order chi connectivity index (χ1) is 35.9. The first-order valence-electron chi connectivity index (χ1n) is 23.0. The number of piperidine rings is 1. The molecule has 2 aliphatic rings. The molecule has 24 nitrogen and oxygen atoms in total. The maximum atomic E-state index is 12.1. The van der Waals surface area contributed by atoms with E-state index in [1.807, 2.05) is 49.3 Å². The van der Waals surface area contributed by atoms with Gasteiger partial charge < -0.3 is 31.3 Å². The molecular formula is C50H54N8O16S2. The highest BCUT2D eigenvalue weighted by Crippen LogP contribution is 2.42. The summed E-state index contributed by atoms with van der Waals surface area (Å²) in [5.74, 6) is -4.18. The molecule has 1 aliphatic carbocycles. The average molecular weight is 1090 g/mol. The van der Waals surface area contributed by atoms with Crippen LogP contribution >= 0.6 is 0 Å². The number of sulfonamides is 1. The van der Waals surface area contributed by atoms with Gasteiger partial charge >= 0.3 is 23.6 Å². The van der Waals surface area contributed by atoms with Gasteiger partial charge in [-0.2, -0.15) is 8.42 Å². The number of carboxylic acid groups (broad SMARTS) is 3. The van der Waals surface area contributed by atoms with Crippen molar-refractivity contribution in [3.8, 4) is 0 Å². The minimum atomic E-state index is -4.31. The lowest BCUT2D eigenvalue weighted by Crippen LogP contribution is -2.73. The summed E-state index contributed by atoms with van der Waals surface area (Å²) in [6, 6.07) is 33.8. The average Bonchev–Trinajstić information content (AvgIpc) is 3.39. The van der Waals surface area contributed by atoms with E-state index >= 15 is 0 Å². The summed E-state index contributed by atoms with van der Waals surface area (Å²) in [6.45, 7) is 0.143. The van der Waals surface area contributed by atoms with E-state index in [0.717, 1.165) is 41.4 Å². The fourth-order valence-electron chi connectivity index (χ4n) is 8.67. The smallest absolute Gasteiger partial charge is 0.481 e. The van der Waals surface area contributed by atoms with Gasteiger partial charge in [-0.05, 0) is 110 Å². The van der Waals surface area contributed by atoms with Crippen LogP contribution in [0.25, 0.3) is 10.8 Å². The monoisotopic (exact) mass is 1090 g/mol. The van der Waals surface area contributed by atoms with E-state index in [0.29, 0.717) is 29.9 Å². The number of carboxylic acids is 3. The number of nitrogens with zero attached hydrogens (tertiary/aromatic N) is 4. The number of carbonyl (C=O) groups excluding carboxylic acids is 1. The fourth-order valence-corrected chi connectivity index (χ4v) is 10.2. The number of hydrogen-bond donors (Lipinski definition) is 8. The number of nitrogens with one attached hydrogen (secondary N) is 3. The maximum absolute atomic E-state index is 12.1. The van der Waals surface area contributed by atoms with Crippen LogP contribution in [0.3, 0.4) is 0 Å². The molecule has 0 spiro atoms. The van der Waals surface area contributed by atoms with Crippen molar-refractivity contribution in [2.45, 2.75) is 59.5 Å². The van der Waals surface area contributed by atoms with Crippen LogP contribution in [0.15, 0.2) is 149 Å². The van der Waals surface area contributed by atoms with Gasteiger partial charge in [-0.1, -0.05) is 73.5 Å². The highest BCUT2D eigenvalue weighted by molar-refractivity contribution is 7.92. The molecule has 8 rings (SSSR count). The molecule has 0 radical (unpaired) electrons. The minimum Gasteiger partial charge on any atom is -0.481 e. The van der Waals surface area contributed by atoms with Gasteiger partial charge in [0.1, 0.15) is 15.7 Å². The summed E-state index contributed by atoms with van der Waals surface area (Å²) >= 11 is 0. The zero-order valence-corrected chi connectivity index (χ0v) is 42.4. The predicted molar refractivity (Wildman–Crippen MR) is 279 cm³/mol. The van der Waals surface area contributed by atoms with E-state index in [1.165, 1.54) is 60.7 Å². The Bertz CT molecular complexity index is 3270. The van der Waals surface area contributed by atoms with Crippen LogP contribution in [0.1, 0.15) is 54.4 Å². The molecule has 402 valence electrons. The summed E-state index contributed by atoms with van der Waals surface area (Å²) in [5.41, 5.74) is 2.20. The molecule has 3 atom stereocenters. The number of anilines is 4. The number of nitrogens with two attached hydrogens (primary N) is 1. The zero-order chi connectivity index (χ0) is 56.0. The quantitative estimate of drug-likeness (QED) is 0.0203. The highest BCUT2D eigenvalue weighted by atomic mass is 32.2. The van der Waals surface area contributed by atoms with E-state index in [9.17, 15) is 61.3 Å². The van der Waals surface area contributed by atoms with Crippen LogP contribution in [0, 0.1) is 32.1 Å². The topological polar surface area (TPSA) is 382 Å². The molecule has 5 aromatic carbocycles. The Kier molecular flexibility index (Phi) is 19.2. The van der Waals surface area contributed by atoms with Gasteiger partial charge in [-0.25, -0.2) is 23.0 Å². The van der Waals surface area contributed by atoms with E-state index in [1.54, 1.807) is 36.5 Å². The number of aromatic nitrogens is 1. The van der Waals surface area contributed by atoms with Crippen LogP contribution in [-0.4, -0.2) is 102 Å². The van der Waals surface area contributed by atoms with E-state index in [4.69, 9.17) is 20.5 Å². The lowest BCUT2D eigenvalue weighted by atomic mass is 9.73. The Morgan fingerprint density at radius 2 is 1.29 bits per heavy atom. The van der Waals surface area contributed by atoms with Gasteiger partial charge in [0, 0.05) is 42.7 Å². The second-order valence-electron chi connectivity index (χ2n) is 17.4. The number of fused-ring (bicyclic) bond motifs is 1. The third-order valence-corrected chi connectivity index (χ3v) is 14.6.